The van der Waals surface area contributed by atoms with Crippen molar-refractivity contribution in [3.63, 3.8) is 0 Å². The first-order valence-electron chi connectivity index (χ1n) is 9.63. The van der Waals surface area contributed by atoms with Crippen LogP contribution >= 0.6 is 0 Å². The van der Waals surface area contributed by atoms with Gasteiger partial charge in [0.2, 0.25) is 0 Å². The van der Waals surface area contributed by atoms with Gasteiger partial charge in [-0.1, -0.05) is 86.8 Å². The zero-order valence-corrected chi connectivity index (χ0v) is 15.2. The molecule has 128 valence electrons. The highest BCUT2D eigenvalue weighted by Gasteiger charge is 2.35. The number of nitrogens with zero attached hydrogens (tertiary/aromatic N) is 1. The summed E-state index contributed by atoms with van der Waals surface area (Å²) in [5.41, 5.74) is 2.95. The van der Waals surface area contributed by atoms with E-state index >= 15 is 0 Å². The van der Waals surface area contributed by atoms with Crippen LogP contribution in [0.15, 0.2) is 60.7 Å². The van der Waals surface area contributed by atoms with Gasteiger partial charge in [-0.2, -0.15) is 0 Å². The highest BCUT2D eigenvalue weighted by molar-refractivity contribution is 5.24. The first kappa shape index (κ1) is 17.2. The molecule has 3 atom stereocenters. The average Bonchev–Trinajstić information content (AvgIpc) is 2.63. The molecule has 1 heterocycles. The summed E-state index contributed by atoms with van der Waals surface area (Å²) in [6, 6.07) is 23.3. The zero-order valence-electron chi connectivity index (χ0n) is 15.2. The van der Waals surface area contributed by atoms with E-state index in [4.69, 9.17) is 0 Å². The van der Waals surface area contributed by atoms with E-state index in [-0.39, 0.29) is 0 Å². The van der Waals surface area contributed by atoms with E-state index in [1.54, 1.807) is 0 Å². The molecule has 1 heteroatoms. The third-order valence-corrected chi connectivity index (χ3v) is 5.69. The molecule has 0 bridgehead atoms. The molecule has 1 aliphatic rings. The minimum Gasteiger partial charge on any atom is -0.292 e. The summed E-state index contributed by atoms with van der Waals surface area (Å²) in [5, 5.41) is 0. The summed E-state index contributed by atoms with van der Waals surface area (Å²) in [7, 11) is 2.33. The van der Waals surface area contributed by atoms with Crippen LogP contribution in [-0.2, 0) is 0 Å². The Morgan fingerprint density at radius 3 is 2.08 bits per heavy atom. The Hall–Kier alpha value is -1.60. The van der Waals surface area contributed by atoms with Gasteiger partial charge in [0.25, 0.3) is 0 Å². The van der Waals surface area contributed by atoms with Crippen molar-refractivity contribution in [1.82, 2.24) is 4.90 Å². The summed E-state index contributed by atoms with van der Waals surface area (Å²) in [6.45, 7) is 2.30. The lowest BCUT2D eigenvalue weighted by Crippen LogP contribution is -2.38. The molecule has 0 aromatic heterocycles. The molecule has 1 saturated heterocycles. The van der Waals surface area contributed by atoms with Crippen molar-refractivity contribution in [2.24, 2.45) is 5.92 Å². The van der Waals surface area contributed by atoms with Crippen LogP contribution in [0.3, 0.4) is 0 Å². The van der Waals surface area contributed by atoms with Crippen molar-refractivity contribution in [3.8, 4) is 0 Å². The summed E-state index contributed by atoms with van der Waals surface area (Å²) in [4.78, 5) is 2.64. The van der Waals surface area contributed by atoms with Crippen LogP contribution in [0.1, 0.15) is 68.7 Å². The molecule has 1 aliphatic heterocycles. The normalized spacial score (nSPS) is 24.8. The van der Waals surface area contributed by atoms with Crippen LogP contribution < -0.4 is 0 Å². The van der Waals surface area contributed by atoms with E-state index in [2.05, 4.69) is 79.5 Å². The summed E-state index contributed by atoms with van der Waals surface area (Å²) >= 11 is 0. The molecule has 0 amide bonds. The second-order valence-electron chi connectivity index (χ2n) is 7.28. The molecule has 24 heavy (non-hydrogen) atoms. The van der Waals surface area contributed by atoms with E-state index in [9.17, 15) is 0 Å². The Morgan fingerprint density at radius 2 is 1.46 bits per heavy atom. The second kappa shape index (κ2) is 8.48. The van der Waals surface area contributed by atoms with Gasteiger partial charge >= 0.3 is 0 Å². The second-order valence-corrected chi connectivity index (χ2v) is 7.28. The first-order chi connectivity index (χ1) is 11.8. The van der Waals surface area contributed by atoms with Crippen molar-refractivity contribution in [2.45, 2.75) is 57.5 Å². The maximum atomic E-state index is 2.64. The van der Waals surface area contributed by atoms with Gasteiger partial charge < -0.3 is 0 Å². The van der Waals surface area contributed by atoms with Gasteiger partial charge in [0, 0.05) is 12.1 Å². The summed E-state index contributed by atoms with van der Waals surface area (Å²) < 4.78 is 0. The number of benzene rings is 2. The van der Waals surface area contributed by atoms with Gasteiger partial charge in [0.15, 0.2) is 0 Å². The number of hydrogen-bond acceptors (Lipinski definition) is 1. The Labute approximate surface area is 147 Å². The number of likely N-dealkylation sites (tertiary alicyclic amines) is 1. The third-order valence-electron chi connectivity index (χ3n) is 5.69. The predicted octanol–water partition coefficient (Wildman–Crippen LogP) is 6.39. The predicted molar refractivity (Wildman–Crippen MR) is 103 cm³/mol. The lowest BCUT2D eigenvalue weighted by atomic mass is 9.78. The molecule has 0 saturated carbocycles. The number of rotatable bonds is 6. The first-order valence-corrected chi connectivity index (χ1v) is 9.63. The van der Waals surface area contributed by atoms with E-state index < -0.39 is 0 Å². The van der Waals surface area contributed by atoms with Crippen LogP contribution in [0, 0.1) is 5.92 Å². The number of hydrogen-bond donors (Lipinski definition) is 0. The van der Waals surface area contributed by atoms with Gasteiger partial charge in [0.05, 0.1) is 0 Å². The molecular weight excluding hydrogens is 290 g/mol. The minimum atomic E-state index is 0.541. The molecule has 1 fully saturated rings. The van der Waals surface area contributed by atoms with E-state index in [1.165, 1.54) is 49.7 Å². The molecule has 1 nitrogen and oxygen atoms in total. The molecule has 0 spiro atoms. The lowest BCUT2D eigenvalue weighted by molar-refractivity contribution is 0.0573. The van der Waals surface area contributed by atoms with Crippen LogP contribution in [-0.4, -0.2) is 11.9 Å². The SMILES string of the molecule is CCCCCC1CCC(c2ccccc2)N(C)C1c1ccccc1. The van der Waals surface area contributed by atoms with E-state index in [0.29, 0.717) is 12.1 Å². The van der Waals surface area contributed by atoms with Gasteiger partial charge in [-0.3, -0.25) is 4.90 Å². The van der Waals surface area contributed by atoms with Gasteiger partial charge in [-0.25, -0.2) is 0 Å². The van der Waals surface area contributed by atoms with Gasteiger partial charge in [-0.15, -0.1) is 0 Å². The number of piperidine rings is 1. The van der Waals surface area contributed by atoms with Crippen LogP contribution in [0.25, 0.3) is 0 Å². The maximum absolute atomic E-state index is 2.64. The van der Waals surface area contributed by atoms with E-state index in [1.807, 2.05) is 0 Å². The third kappa shape index (κ3) is 3.89. The zero-order chi connectivity index (χ0) is 16.8. The van der Waals surface area contributed by atoms with Crippen LogP contribution in [0.5, 0.6) is 0 Å². The Bertz CT molecular complexity index is 592. The molecule has 2 aromatic rings. The Balaban J connectivity index is 1.83. The monoisotopic (exact) mass is 321 g/mol. The maximum Gasteiger partial charge on any atom is 0.0379 e. The largest absolute Gasteiger partial charge is 0.292 e. The molecular formula is C23H31N. The Morgan fingerprint density at radius 1 is 0.833 bits per heavy atom. The lowest BCUT2D eigenvalue weighted by Gasteiger charge is -2.45. The van der Waals surface area contributed by atoms with Crippen molar-refractivity contribution in [2.75, 3.05) is 7.05 Å². The van der Waals surface area contributed by atoms with Crippen LogP contribution in [0.4, 0.5) is 0 Å². The smallest absolute Gasteiger partial charge is 0.0379 e. The highest BCUT2D eigenvalue weighted by atomic mass is 15.2. The summed E-state index contributed by atoms with van der Waals surface area (Å²) in [6.07, 6.45) is 8.02. The van der Waals surface area contributed by atoms with Crippen molar-refractivity contribution >= 4 is 0 Å². The molecule has 2 aromatic carbocycles. The molecule has 3 unspecified atom stereocenters. The van der Waals surface area contributed by atoms with Crippen molar-refractivity contribution in [1.29, 1.82) is 0 Å². The fourth-order valence-corrected chi connectivity index (χ4v) is 4.45. The van der Waals surface area contributed by atoms with Crippen molar-refractivity contribution in [3.05, 3.63) is 71.8 Å². The van der Waals surface area contributed by atoms with E-state index in [0.717, 1.165) is 5.92 Å². The summed E-state index contributed by atoms with van der Waals surface area (Å²) in [5.74, 6) is 0.781. The van der Waals surface area contributed by atoms with Crippen molar-refractivity contribution < 1.29 is 0 Å². The standard InChI is InChI=1S/C23H31N/c1-3-4-7-14-21-17-18-22(19-12-8-5-9-13-19)24(2)23(21)20-15-10-6-11-16-20/h5-6,8-13,15-16,21-23H,3-4,7,14,17-18H2,1-2H3. The molecule has 0 N–H and O–H groups in total. The minimum absolute atomic E-state index is 0.541. The van der Waals surface area contributed by atoms with Gasteiger partial charge in [0.1, 0.15) is 0 Å². The van der Waals surface area contributed by atoms with Gasteiger partial charge in [-0.05, 0) is 43.4 Å². The quantitative estimate of drug-likeness (QED) is 0.557. The molecule has 0 aliphatic carbocycles. The highest BCUT2D eigenvalue weighted by Crippen LogP contribution is 2.45. The molecule has 0 radical (unpaired) electrons. The Kier molecular flexibility index (Phi) is 6.09. The topological polar surface area (TPSA) is 3.24 Å². The van der Waals surface area contributed by atoms with Crippen LogP contribution in [0.2, 0.25) is 0 Å². The fourth-order valence-electron chi connectivity index (χ4n) is 4.45. The molecule has 3 rings (SSSR count). The fraction of sp³-hybridized carbons (Fsp3) is 0.478. The number of unbranched alkanes of at least 4 members (excludes halogenated alkanes) is 2. The average molecular weight is 322 g/mol.